The van der Waals surface area contributed by atoms with Crippen LogP contribution in [0.1, 0.15) is 30.9 Å². The molecule has 0 bridgehead atoms. The number of likely N-dealkylation sites (tertiary alicyclic amines) is 1. The third-order valence-corrected chi connectivity index (χ3v) is 5.41. The minimum absolute atomic E-state index is 0.230. The highest BCUT2D eigenvalue weighted by Gasteiger charge is 2.54. The highest BCUT2D eigenvalue weighted by Crippen LogP contribution is 2.44. The molecule has 4 nitrogen and oxygen atoms in total. The van der Waals surface area contributed by atoms with E-state index in [9.17, 15) is 9.90 Å². The van der Waals surface area contributed by atoms with Gasteiger partial charge in [0.05, 0.1) is 12.2 Å². The standard InChI is InChI=1S/C21H24N2O2/c1-16-8-7-13-22(14-16)21(25)18-11-5-6-12-19(18)23(20(21)24)15-17-9-3-2-4-10-17/h2-6,9-12,16,25H,7-8,13-15H2,1H3/t16-,21-/m1/s1. The maximum Gasteiger partial charge on any atom is 0.279 e. The van der Waals surface area contributed by atoms with Crippen LogP contribution in [-0.2, 0) is 17.1 Å². The lowest BCUT2D eigenvalue weighted by Crippen LogP contribution is -2.55. The fourth-order valence-electron chi connectivity index (χ4n) is 4.13. The fraction of sp³-hybridized carbons (Fsp3) is 0.381. The quantitative estimate of drug-likeness (QED) is 0.937. The van der Waals surface area contributed by atoms with E-state index in [1.54, 1.807) is 4.90 Å². The van der Waals surface area contributed by atoms with Gasteiger partial charge in [-0.15, -0.1) is 0 Å². The van der Waals surface area contributed by atoms with Gasteiger partial charge in [0.15, 0.2) is 0 Å². The number of benzene rings is 2. The second-order valence-corrected chi connectivity index (χ2v) is 7.26. The SMILES string of the molecule is C[C@@H]1CCCN([C@]2(O)C(=O)N(Cc3ccccc3)c3ccccc32)C1. The smallest absolute Gasteiger partial charge is 0.279 e. The summed E-state index contributed by atoms with van der Waals surface area (Å²) in [4.78, 5) is 17.0. The Morgan fingerprint density at radius 1 is 1.12 bits per heavy atom. The van der Waals surface area contributed by atoms with Crippen LogP contribution in [0.25, 0.3) is 0 Å². The second kappa shape index (κ2) is 6.28. The van der Waals surface area contributed by atoms with Gasteiger partial charge in [0.25, 0.3) is 5.91 Å². The van der Waals surface area contributed by atoms with E-state index in [0.29, 0.717) is 18.0 Å². The van der Waals surface area contributed by atoms with Crippen LogP contribution >= 0.6 is 0 Å². The number of aliphatic hydroxyl groups is 1. The Morgan fingerprint density at radius 3 is 2.60 bits per heavy atom. The lowest BCUT2D eigenvalue weighted by Gasteiger charge is -2.40. The van der Waals surface area contributed by atoms with Gasteiger partial charge in [0.1, 0.15) is 0 Å². The first kappa shape index (κ1) is 16.3. The molecule has 0 spiro atoms. The number of amides is 1. The number of anilines is 1. The first-order valence-corrected chi connectivity index (χ1v) is 9.03. The van der Waals surface area contributed by atoms with E-state index in [-0.39, 0.29) is 5.91 Å². The summed E-state index contributed by atoms with van der Waals surface area (Å²) in [6.45, 7) is 4.15. The van der Waals surface area contributed by atoms with Crippen LogP contribution in [0.5, 0.6) is 0 Å². The normalized spacial score (nSPS) is 26.7. The molecule has 1 amide bonds. The number of piperidine rings is 1. The molecule has 4 heteroatoms. The van der Waals surface area contributed by atoms with Crippen molar-refractivity contribution in [2.24, 2.45) is 5.92 Å². The molecule has 2 aliphatic heterocycles. The number of nitrogens with zero attached hydrogens (tertiary/aromatic N) is 2. The molecular weight excluding hydrogens is 312 g/mol. The minimum Gasteiger partial charge on any atom is -0.364 e. The van der Waals surface area contributed by atoms with Crippen LogP contribution in [0.3, 0.4) is 0 Å². The maximum absolute atomic E-state index is 13.3. The van der Waals surface area contributed by atoms with Crippen LogP contribution in [0.2, 0.25) is 0 Å². The summed E-state index contributed by atoms with van der Waals surface area (Å²) in [5.41, 5.74) is 1.05. The molecule has 0 saturated carbocycles. The Bertz CT molecular complexity index is 776. The molecule has 2 atom stereocenters. The van der Waals surface area contributed by atoms with Crippen LogP contribution in [0.15, 0.2) is 54.6 Å². The first-order chi connectivity index (χ1) is 12.1. The number of hydrogen-bond acceptors (Lipinski definition) is 3. The zero-order valence-electron chi connectivity index (χ0n) is 14.6. The van der Waals surface area contributed by atoms with Gasteiger partial charge in [0, 0.05) is 18.7 Å². The molecule has 0 aromatic heterocycles. The summed E-state index contributed by atoms with van der Waals surface area (Å²) in [6.07, 6.45) is 2.16. The highest BCUT2D eigenvalue weighted by atomic mass is 16.3. The van der Waals surface area contributed by atoms with Crippen LogP contribution in [0, 0.1) is 5.92 Å². The van der Waals surface area contributed by atoms with E-state index >= 15 is 0 Å². The third kappa shape index (κ3) is 2.66. The molecular formula is C21H24N2O2. The van der Waals surface area contributed by atoms with Gasteiger partial charge in [-0.05, 0) is 30.4 Å². The van der Waals surface area contributed by atoms with E-state index in [2.05, 4.69) is 6.92 Å². The maximum atomic E-state index is 13.3. The van der Waals surface area contributed by atoms with Gasteiger partial charge in [-0.25, -0.2) is 0 Å². The van der Waals surface area contributed by atoms with Crippen LogP contribution < -0.4 is 4.90 Å². The van der Waals surface area contributed by atoms with Gasteiger partial charge in [0.2, 0.25) is 5.72 Å². The molecule has 0 unspecified atom stereocenters. The Balaban J connectivity index is 1.73. The molecule has 2 heterocycles. The summed E-state index contributed by atoms with van der Waals surface area (Å²) < 4.78 is 0. The molecule has 0 aliphatic carbocycles. The van der Waals surface area contributed by atoms with Gasteiger partial charge in [-0.3, -0.25) is 9.69 Å². The van der Waals surface area contributed by atoms with Gasteiger partial charge in [-0.2, -0.15) is 0 Å². The van der Waals surface area contributed by atoms with E-state index < -0.39 is 5.72 Å². The van der Waals surface area contributed by atoms with Crippen molar-refractivity contribution in [3.63, 3.8) is 0 Å². The summed E-state index contributed by atoms with van der Waals surface area (Å²) in [6, 6.07) is 17.6. The van der Waals surface area contributed by atoms with Crippen molar-refractivity contribution in [3.05, 3.63) is 65.7 Å². The van der Waals surface area contributed by atoms with Crippen molar-refractivity contribution in [1.82, 2.24) is 4.90 Å². The molecule has 2 aromatic rings. The fourth-order valence-corrected chi connectivity index (χ4v) is 4.13. The van der Waals surface area contributed by atoms with Gasteiger partial charge in [-0.1, -0.05) is 55.5 Å². The Hall–Kier alpha value is -2.17. The predicted octanol–water partition coefficient (Wildman–Crippen LogP) is 3.11. The molecule has 4 rings (SSSR count). The number of carbonyl (C=O) groups is 1. The summed E-state index contributed by atoms with van der Waals surface area (Å²) in [5.74, 6) is 0.257. The van der Waals surface area contributed by atoms with Gasteiger partial charge < -0.3 is 10.0 Å². The number of fused-ring (bicyclic) bond motifs is 1. The van der Waals surface area contributed by atoms with E-state index in [0.717, 1.165) is 37.2 Å². The number of carbonyl (C=O) groups excluding carboxylic acids is 1. The van der Waals surface area contributed by atoms with Crippen molar-refractivity contribution in [2.45, 2.75) is 32.0 Å². The average Bonchev–Trinajstić information content (AvgIpc) is 2.86. The Labute approximate surface area is 148 Å². The monoisotopic (exact) mass is 336 g/mol. The summed E-state index contributed by atoms with van der Waals surface area (Å²) in [7, 11) is 0. The number of hydrogen-bond donors (Lipinski definition) is 1. The topological polar surface area (TPSA) is 43.8 Å². The number of rotatable bonds is 3. The molecule has 1 N–H and O–H groups in total. The summed E-state index contributed by atoms with van der Waals surface area (Å²) in [5, 5.41) is 11.5. The highest BCUT2D eigenvalue weighted by molar-refractivity contribution is 6.06. The first-order valence-electron chi connectivity index (χ1n) is 9.03. The zero-order valence-corrected chi connectivity index (χ0v) is 14.6. The third-order valence-electron chi connectivity index (χ3n) is 5.41. The molecule has 2 aliphatic rings. The van der Waals surface area contributed by atoms with Crippen LogP contribution in [-0.4, -0.2) is 29.0 Å². The van der Waals surface area contributed by atoms with Crippen molar-refractivity contribution >= 4 is 11.6 Å². The second-order valence-electron chi connectivity index (χ2n) is 7.26. The predicted molar refractivity (Wildman–Crippen MR) is 97.9 cm³/mol. The molecule has 0 radical (unpaired) electrons. The Kier molecular flexibility index (Phi) is 4.10. The van der Waals surface area contributed by atoms with Crippen molar-refractivity contribution in [1.29, 1.82) is 0 Å². The molecule has 25 heavy (non-hydrogen) atoms. The summed E-state index contributed by atoms with van der Waals surface area (Å²) >= 11 is 0. The lowest BCUT2D eigenvalue weighted by atomic mass is 9.94. The van der Waals surface area contributed by atoms with Crippen LogP contribution in [0.4, 0.5) is 5.69 Å². The van der Waals surface area contributed by atoms with Crippen molar-refractivity contribution < 1.29 is 9.90 Å². The average molecular weight is 336 g/mol. The zero-order chi connectivity index (χ0) is 17.4. The minimum atomic E-state index is -1.54. The Morgan fingerprint density at radius 2 is 1.84 bits per heavy atom. The van der Waals surface area contributed by atoms with E-state index in [1.807, 2.05) is 59.5 Å². The largest absolute Gasteiger partial charge is 0.364 e. The van der Waals surface area contributed by atoms with Crippen molar-refractivity contribution in [2.75, 3.05) is 18.0 Å². The lowest BCUT2D eigenvalue weighted by molar-refractivity contribution is -0.165. The van der Waals surface area contributed by atoms with Crippen molar-refractivity contribution in [3.8, 4) is 0 Å². The number of para-hydroxylation sites is 1. The molecule has 1 saturated heterocycles. The molecule has 130 valence electrons. The van der Waals surface area contributed by atoms with E-state index in [1.165, 1.54) is 0 Å². The van der Waals surface area contributed by atoms with E-state index in [4.69, 9.17) is 0 Å². The van der Waals surface area contributed by atoms with Gasteiger partial charge >= 0.3 is 0 Å². The molecule has 1 fully saturated rings. The molecule has 2 aromatic carbocycles.